The maximum absolute atomic E-state index is 11.8. The van der Waals surface area contributed by atoms with E-state index in [9.17, 15) is 19.2 Å². The summed E-state index contributed by atoms with van der Waals surface area (Å²) in [5, 5.41) is 21.5. The first-order valence-corrected chi connectivity index (χ1v) is 7.57. The Labute approximate surface area is 149 Å². The van der Waals surface area contributed by atoms with Gasteiger partial charge in [-0.2, -0.15) is 0 Å². The van der Waals surface area contributed by atoms with Crippen LogP contribution >= 0.6 is 0 Å². The van der Waals surface area contributed by atoms with Crippen LogP contribution in [0.25, 0.3) is 0 Å². The highest BCUT2D eigenvalue weighted by Crippen LogP contribution is 2.06. The molecule has 1 atom stereocenters. The van der Waals surface area contributed by atoms with E-state index in [2.05, 4.69) is 22.6 Å². The third kappa shape index (κ3) is 8.93. The number of rotatable bonds is 8. The van der Waals surface area contributed by atoms with Crippen molar-refractivity contribution in [2.24, 2.45) is 5.92 Å². The van der Waals surface area contributed by atoms with Crippen molar-refractivity contribution in [1.82, 2.24) is 10.6 Å². The molecule has 138 valence electrons. The van der Waals surface area contributed by atoms with Gasteiger partial charge in [0, 0.05) is 12.5 Å². The number of hydrogen-bond acceptors (Lipinski definition) is 5. The minimum Gasteiger partial charge on any atom is -0.481 e. The molecular formula is C17H18N2O7. The summed E-state index contributed by atoms with van der Waals surface area (Å²) in [6.07, 6.45) is -1.29. The Kier molecular flexibility index (Phi) is 8.75. The third-order valence-electron chi connectivity index (χ3n) is 3.00. The number of hydrogen-bond donors (Lipinski definition) is 4. The number of amides is 2. The van der Waals surface area contributed by atoms with E-state index in [0.717, 1.165) is 5.56 Å². The summed E-state index contributed by atoms with van der Waals surface area (Å²) in [4.78, 5) is 44.5. The predicted octanol–water partition coefficient (Wildman–Crippen LogP) is 0.555. The lowest BCUT2D eigenvalue weighted by molar-refractivity contribution is -0.139. The summed E-state index contributed by atoms with van der Waals surface area (Å²) in [6.45, 7) is -0.577. The molecule has 1 aromatic carbocycles. The second kappa shape index (κ2) is 11.1. The number of aliphatic carboxylic acids is 2. The Morgan fingerprint density at radius 3 is 2.38 bits per heavy atom. The lowest BCUT2D eigenvalue weighted by Crippen LogP contribution is -2.34. The van der Waals surface area contributed by atoms with Gasteiger partial charge in [-0.3, -0.25) is 14.4 Å². The molecule has 2 amide bonds. The number of nitrogens with one attached hydrogen (secondary N) is 2. The van der Waals surface area contributed by atoms with Gasteiger partial charge in [-0.1, -0.05) is 36.3 Å². The van der Waals surface area contributed by atoms with E-state index in [1.54, 1.807) is 24.3 Å². The molecule has 4 N–H and O–H groups in total. The highest BCUT2D eigenvalue weighted by atomic mass is 16.5. The van der Waals surface area contributed by atoms with Crippen LogP contribution in [0.3, 0.4) is 0 Å². The van der Waals surface area contributed by atoms with Crippen LogP contribution in [0.4, 0.5) is 4.79 Å². The van der Waals surface area contributed by atoms with Gasteiger partial charge in [-0.05, 0) is 12.0 Å². The second-order valence-electron chi connectivity index (χ2n) is 5.05. The molecule has 9 heteroatoms. The fourth-order valence-corrected chi connectivity index (χ4v) is 1.76. The van der Waals surface area contributed by atoms with E-state index in [1.807, 2.05) is 6.07 Å². The summed E-state index contributed by atoms with van der Waals surface area (Å²) in [6, 6.07) is 11.2. The monoisotopic (exact) mass is 362 g/mol. The van der Waals surface area contributed by atoms with Crippen molar-refractivity contribution >= 4 is 23.9 Å². The lowest BCUT2D eigenvalue weighted by atomic mass is 10.0. The normalized spacial score (nSPS) is 10.6. The number of benzene rings is 1. The maximum atomic E-state index is 11.8. The van der Waals surface area contributed by atoms with Crippen LogP contribution < -0.4 is 10.6 Å². The Morgan fingerprint density at radius 1 is 1.08 bits per heavy atom. The lowest BCUT2D eigenvalue weighted by Gasteiger charge is -2.09. The largest absolute Gasteiger partial charge is 0.481 e. The Bertz CT molecular complexity index is 707. The Balaban J connectivity index is 2.54. The number of carbonyl (C=O) groups is 4. The van der Waals surface area contributed by atoms with Gasteiger partial charge in [0.15, 0.2) is 0 Å². The van der Waals surface area contributed by atoms with E-state index < -0.39 is 36.4 Å². The average Bonchev–Trinajstić information content (AvgIpc) is 2.61. The Morgan fingerprint density at radius 2 is 1.77 bits per heavy atom. The fourth-order valence-electron chi connectivity index (χ4n) is 1.76. The first-order chi connectivity index (χ1) is 12.4. The van der Waals surface area contributed by atoms with Crippen LogP contribution in [0.1, 0.15) is 18.4 Å². The molecule has 26 heavy (non-hydrogen) atoms. The summed E-state index contributed by atoms with van der Waals surface area (Å²) in [7, 11) is 0. The zero-order valence-electron chi connectivity index (χ0n) is 13.7. The topological polar surface area (TPSA) is 142 Å². The molecule has 0 fully saturated rings. The van der Waals surface area contributed by atoms with Crippen LogP contribution in [-0.2, 0) is 25.7 Å². The Hall–Kier alpha value is -3.54. The van der Waals surface area contributed by atoms with Crippen LogP contribution in [0, 0.1) is 17.9 Å². The second-order valence-corrected chi connectivity index (χ2v) is 5.05. The molecule has 0 aliphatic rings. The third-order valence-corrected chi connectivity index (χ3v) is 3.00. The van der Waals surface area contributed by atoms with Crippen LogP contribution in [0.5, 0.6) is 0 Å². The molecule has 1 rings (SSSR count). The summed E-state index contributed by atoms with van der Waals surface area (Å²) < 4.78 is 4.92. The van der Waals surface area contributed by atoms with Crippen LogP contribution in [-0.4, -0.2) is 40.7 Å². The number of ether oxygens (including phenoxy) is 1. The molecule has 0 radical (unpaired) electrons. The molecule has 0 aromatic heterocycles. The van der Waals surface area contributed by atoms with Gasteiger partial charge in [0.05, 0.1) is 0 Å². The van der Waals surface area contributed by atoms with Gasteiger partial charge in [-0.15, -0.1) is 0 Å². The van der Waals surface area contributed by atoms with Crippen LogP contribution in [0.15, 0.2) is 30.3 Å². The number of carbonyl (C=O) groups excluding carboxylic acids is 2. The van der Waals surface area contributed by atoms with Gasteiger partial charge >= 0.3 is 18.0 Å². The summed E-state index contributed by atoms with van der Waals surface area (Å²) >= 11 is 0. The molecule has 0 bridgehead atoms. The summed E-state index contributed by atoms with van der Waals surface area (Å²) in [5.74, 6) is -1.79. The first-order valence-electron chi connectivity index (χ1n) is 7.57. The molecule has 0 saturated heterocycles. The molecule has 0 saturated carbocycles. The van der Waals surface area contributed by atoms with Gasteiger partial charge in [-0.25, -0.2) is 10.1 Å². The molecule has 0 aliphatic carbocycles. The summed E-state index contributed by atoms with van der Waals surface area (Å²) in [5.41, 5.74) is 0.781. The van der Waals surface area contributed by atoms with Crippen LogP contribution in [0.2, 0.25) is 0 Å². The molecule has 0 spiro atoms. The van der Waals surface area contributed by atoms with Gasteiger partial charge in [0.25, 0.3) is 0 Å². The SMILES string of the molecule is O=C(O)CCC(C#CNC(=O)OCc1ccccc1)C(=O)NCC(=O)O. The molecule has 1 unspecified atom stereocenters. The molecule has 0 aliphatic heterocycles. The zero-order valence-corrected chi connectivity index (χ0v) is 13.7. The van der Waals surface area contributed by atoms with Crippen molar-refractivity contribution in [3.63, 3.8) is 0 Å². The van der Waals surface area contributed by atoms with E-state index >= 15 is 0 Å². The number of carboxylic acids is 2. The van der Waals surface area contributed by atoms with E-state index in [0.29, 0.717) is 0 Å². The van der Waals surface area contributed by atoms with Crippen molar-refractivity contribution < 1.29 is 34.1 Å². The molecule has 0 heterocycles. The van der Waals surface area contributed by atoms with E-state index in [1.165, 1.54) is 0 Å². The average molecular weight is 362 g/mol. The van der Waals surface area contributed by atoms with Crippen molar-refractivity contribution in [1.29, 1.82) is 0 Å². The zero-order chi connectivity index (χ0) is 19.4. The molecule has 9 nitrogen and oxygen atoms in total. The van der Waals surface area contributed by atoms with Gasteiger partial charge in [0.1, 0.15) is 19.1 Å². The quantitative estimate of drug-likeness (QED) is 0.391. The van der Waals surface area contributed by atoms with Crippen molar-refractivity contribution in [2.75, 3.05) is 6.54 Å². The van der Waals surface area contributed by atoms with Crippen molar-refractivity contribution in [3.05, 3.63) is 35.9 Å². The van der Waals surface area contributed by atoms with Gasteiger partial charge < -0.3 is 20.3 Å². The molecular weight excluding hydrogens is 344 g/mol. The van der Waals surface area contributed by atoms with Crippen molar-refractivity contribution in [3.8, 4) is 12.0 Å². The van der Waals surface area contributed by atoms with E-state index in [4.69, 9.17) is 14.9 Å². The number of alkyl carbamates (subject to hydrolysis) is 1. The standard InChI is InChI=1S/C17H18N2O7/c20-14(21)7-6-13(16(24)19-10-15(22)23)8-9-18-17(25)26-11-12-4-2-1-3-5-12/h1-5,13H,6-7,10-11H2,(H,18,25)(H,19,24)(H,20,21)(H,22,23). The van der Waals surface area contributed by atoms with Gasteiger partial charge in [0.2, 0.25) is 5.91 Å². The minimum atomic E-state index is -1.24. The molecule has 1 aromatic rings. The highest BCUT2D eigenvalue weighted by Gasteiger charge is 2.18. The predicted molar refractivity (Wildman–Crippen MR) is 88.5 cm³/mol. The maximum Gasteiger partial charge on any atom is 0.419 e. The fraction of sp³-hybridized carbons (Fsp3) is 0.294. The first kappa shape index (κ1) is 20.5. The van der Waals surface area contributed by atoms with Crippen molar-refractivity contribution in [2.45, 2.75) is 19.4 Å². The van der Waals surface area contributed by atoms with E-state index in [-0.39, 0.29) is 19.4 Å². The highest BCUT2D eigenvalue weighted by molar-refractivity contribution is 5.85. The smallest absolute Gasteiger partial charge is 0.419 e. The minimum absolute atomic E-state index is 0.0376. The number of carboxylic acid groups (broad SMARTS) is 2.